The summed E-state index contributed by atoms with van der Waals surface area (Å²) >= 11 is 0. The number of nitrogens with zero attached hydrogens (tertiary/aromatic N) is 4. The van der Waals surface area contributed by atoms with Crippen LogP contribution in [-0.4, -0.2) is 46.8 Å². The molecular weight excluding hydrogens is 304 g/mol. The second-order valence-electron chi connectivity index (χ2n) is 4.77. The molecule has 0 saturated carbocycles. The van der Waals surface area contributed by atoms with Crippen LogP contribution >= 0.6 is 0 Å². The molecule has 0 amide bonds. The van der Waals surface area contributed by atoms with Gasteiger partial charge in [-0.1, -0.05) is 0 Å². The number of imidazole rings is 1. The summed E-state index contributed by atoms with van der Waals surface area (Å²) in [6.07, 6.45) is 3.18. The number of hydrogen-bond donors (Lipinski definition) is 2. The zero-order chi connectivity index (χ0) is 16.2. The number of rotatable bonds is 7. The highest BCUT2D eigenvalue weighted by atomic mass is 32.2. The van der Waals surface area contributed by atoms with Crippen LogP contribution in [0.3, 0.4) is 0 Å². The Balaban J connectivity index is 1.99. The van der Waals surface area contributed by atoms with Crippen LogP contribution in [0.2, 0.25) is 0 Å². The van der Waals surface area contributed by atoms with Crippen molar-refractivity contribution >= 4 is 15.8 Å². The third-order valence-electron chi connectivity index (χ3n) is 3.28. The van der Waals surface area contributed by atoms with Gasteiger partial charge in [0.05, 0.1) is 11.4 Å². The quantitative estimate of drug-likeness (QED) is 0.724. The molecule has 0 radical (unpaired) electrons. The molecule has 9 heteroatoms. The maximum atomic E-state index is 11.3. The number of sulfonamides is 1. The van der Waals surface area contributed by atoms with E-state index in [1.807, 2.05) is 18.4 Å². The van der Waals surface area contributed by atoms with Crippen molar-refractivity contribution in [2.24, 2.45) is 0 Å². The van der Waals surface area contributed by atoms with Gasteiger partial charge in [-0.3, -0.25) is 4.57 Å². The maximum Gasteiger partial charge on any atom is 0.211 e. The fourth-order valence-corrected chi connectivity index (χ4v) is 2.42. The first kappa shape index (κ1) is 16.4. The molecule has 120 valence electrons. The topological polar surface area (TPSA) is 102 Å². The predicted molar refractivity (Wildman–Crippen MR) is 84.6 cm³/mol. The number of aryl methyl sites for hydroxylation is 1. The van der Waals surface area contributed by atoms with Crippen molar-refractivity contribution < 1.29 is 8.42 Å². The lowest BCUT2D eigenvalue weighted by Crippen LogP contribution is -2.30. The summed E-state index contributed by atoms with van der Waals surface area (Å²) in [5, 5.41) is 3.07. The molecule has 2 rings (SSSR count). The van der Waals surface area contributed by atoms with Crippen molar-refractivity contribution in [2.75, 3.05) is 24.2 Å². The first-order valence-corrected chi connectivity index (χ1v) is 8.62. The zero-order valence-electron chi connectivity index (χ0n) is 12.9. The van der Waals surface area contributed by atoms with Gasteiger partial charge in [-0.25, -0.2) is 28.1 Å². The van der Waals surface area contributed by atoms with Gasteiger partial charge in [0.1, 0.15) is 24.3 Å². The third-order valence-corrected chi connectivity index (χ3v) is 4.69. The van der Waals surface area contributed by atoms with E-state index >= 15 is 0 Å². The molecule has 0 saturated heterocycles. The summed E-state index contributed by atoms with van der Waals surface area (Å²) in [5.74, 6) is 1.42. The van der Waals surface area contributed by atoms with Crippen molar-refractivity contribution in [3.05, 3.63) is 30.1 Å². The van der Waals surface area contributed by atoms with E-state index in [4.69, 9.17) is 0 Å². The maximum absolute atomic E-state index is 11.3. The van der Waals surface area contributed by atoms with Gasteiger partial charge in [-0.05, 0) is 20.8 Å². The molecule has 0 fully saturated rings. The van der Waals surface area contributed by atoms with Gasteiger partial charge in [0.2, 0.25) is 10.0 Å². The van der Waals surface area contributed by atoms with Gasteiger partial charge in [0, 0.05) is 24.8 Å². The highest BCUT2D eigenvalue weighted by Crippen LogP contribution is 2.13. The minimum Gasteiger partial charge on any atom is -0.369 e. The Labute approximate surface area is 130 Å². The Kier molecular flexibility index (Phi) is 5.09. The van der Waals surface area contributed by atoms with Gasteiger partial charge in [-0.2, -0.15) is 0 Å². The standard InChI is InChI=1S/C13H20N6O2S/c1-4-22(20,21)18-6-5-14-12-7-13(16-8-15-12)19-9-17-10(2)11(19)3/h7-9,18H,4-6H2,1-3H3,(H,14,15,16). The molecule has 22 heavy (non-hydrogen) atoms. The molecule has 2 heterocycles. The van der Waals surface area contributed by atoms with E-state index in [0.29, 0.717) is 24.7 Å². The smallest absolute Gasteiger partial charge is 0.211 e. The highest BCUT2D eigenvalue weighted by molar-refractivity contribution is 7.89. The van der Waals surface area contributed by atoms with Gasteiger partial charge in [0.15, 0.2) is 0 Å². The lowest BCUT2D eigenvalue weighted by molar-refractivity contribution is 0.584. The van der Waals surface area contributed by atoms with Gasteiger partial charge < -0.3 is 5.32 Å². The Morgan fingerprint density at radius 3 is 2.59 bits per heavy atom. The minimum absolute atomic E-state index is 0.0733. The second kappa shape index (κ2) is 6.84. The van der Waals surface area contributed by atoms with E-state index in [0.717, 1.165) is 11.4 Å². The Bertz CT molecular complexity index is 741. The molecule has 0 aliphatic carbocycles. The summed E-state index contributed by atoms with van der Waals surface area (Å²) in [6.45, 7) is 6.25. The molecule has 8 nitrogen and oxygen atoms in total. The molecule has 0 unspecified atom stereocenters. The van der Waals surface area contributed by atoms with Crippen LogP contribution in [0.4, 0.5) is 5.82 Å². The molecule has 0 spiro atoms. The molecule has 0 aromatic carbocycles. The lowest BCUT2D eigenvalue weighted by Gasteiger charge is -2.09. The average molecular weight is 324 g/mol. The van der Waals surface area contributed by atoms with E-state index in [9.17, 15) is 8.42 Å². The molecule has 2 N–H and O–H groups in total. The molecular formula is C13H20N6O2S. The van der Waals surface area contributed by atoms with Crippen LogP contribution in [0, 0.1) is 13.8 Å². The fraction of sp³-hybridized carbons (Fsp3) is 0.462. The largest absolute Gasteiger partial charge is 0.369 e. The van der Waals surface area contributed by atoms with Crippen molar-refractivity contribution in [1.29, 1.82) is 0 Å². The Hall–Kier alpha value is -2.00. The molecule has 2 aromatic heterocycles. The normalized spacial score (nSPS) is 11.6. The van der Waals surface area contributed by atoms with Crippen molar-refractivity contribution in [2.45, 2.75) is 20.8 Å². The van der Waals surface area contributed by atoms with Crippen LogP contribution < -0.4 is 10.0 Å². The summed E-state index contributed by atoms with van der Waals surface area (Å²) in [6, 6.07) is 1.79. The van der Waals surface area contributed by atoms with Crippen LogP contribution in [0.25, 0.3) is 5.82 Å². The first-order valence-electron chi connectivity index (χ1n) is 6.97. The Morgan fingerprint density at radius 2 is 1.95 bits per heavy atom. The molecule has 0 aliphatic heterocycles. The number of hydrogen-bond acceptors (Lipinski definition) is 6. The van der Waals surface area contributed by atoms with Crippen molar-refractivity contribution in [3.63, 3.8) is 0 Å². The molecule has 0 atom stereocenters. The average Bonchev–Trinajstić information content (AvgIpc) is 2.84. The lowest BCUT2D eigenvalue weighted by atomic mass is 10.4. The third kappa shape index (κ3) is 4.01. The number of nitrogens with one attached hydrogen (secondary N) is 2. The zero-order valence-corrected chi connectivity index (χ0v) is 13.7. The van der Waals surface area contributed by atoms with Gasteiger partial charge in [-0.15, -0.1) is 0 Å². The van der Waals surface area contributed by atoms with Crippen LogP contribution in [0.1, 0.15) is 18.3 Å². The summed E-state index contributed by atoms with van der Waals surface area (Å²) in [7, 11) is -3.16. The van der Waals surface area contributed by atoms with Crippen molar-refractivity contribution in [3.8, 4) is 5.82 Å². The van der Waals surface area contributed by atoms with Gasteiger partial charge >= 0.3 is 0 Å². The van der Waals surface area contributed by atoms with E-state index < -0.39 is 10.0 Å². The van der Waals surface area contributed by atoms with Crippen LogP contribution in [0.5, 0.6) is 0 Å². The highest BCUT2D eigenvalue weighted by Gasteiger charge is 2.07. The second-order valence-corrected chi connectivity index (χ2v) is 6.87. The first-order chi connectivity index (χ1) is 10.4. The van der Waals surface area contributed by atoms with E-state index in [-0.39, 0.29) is 5.75 Å². The van der Waals surface area contributed by atoms with Gasteiger partial charge in [0.25, 0.3) is 0 Å². The summed E-state index contributed by atoms with van der Waals surface area (Å²) < 4.78 is 27.0. The molecule has 0 bridgehead atoms. The monoisotopic (exact) mass is 324 g/mol. The van der Waals surface area contributed by atoms with E-state index in [1.54, 1.807) is 19.3 Å². The van der Waals surface area contributed by atoms with Crippen LogP contribution in [0.15, 0.2) is 18.7 Å². The van der Waals surface area contributed by atoms with Crippen LogP contribution in [-0.2, 0) is 10.0 Å². The van der Waals surface area contributed by atoms with E-state index in [2.05, 4.69) is 25.0 Å². The molecule has 2 aromatic rings. The number of aromatic nitrogens is 4. The summed E-state index contributed by atoms with van der Waals surface area (Å²) in [4.78, 5) is 12.6. The van der Waals surface area contributed by atoms with E-state index in [1.165, 1.54) is 6.33 Å². The SMILES string of the molecule is CCS(=O)(=O)NCCNc1cc(-n2cnc(C)c2C)ncn1. The number of anilines is 1. The molecule has 0 aliphatic rings. The Morgan fingerprint density at radius 1 is 1.18 bits per heavy atom. The predicted octanol–water partition coefficient (Wildman–Crippen LogP) is 0.630. The summed E-state index contributed by atoms with van der Waals surface area (Å²) in [5.41, 5.74) is 1.96. The fourth-order valence-electron chi connectivity index (χ4n) is 1.80. The minimum atomic E-state index is -3.16. The van der Waals surface area contributed by atoms with Crippen molar-refractivity contribution in [1.82, 2.24) is 24.2 Å².